The van der Waals surface area contributed by atoms with Crippen LogP contribution in [0, 0.1) is 0 Å². The van der Waals surface area contributed by atoms with Crippen LogP contribution in [0.15, 0.2) is 23.2 Å². The number of carboxylic acid groups (broad SMARTS) is 1. The number of H-pyrrole nitrogens is 1. The smallest absolute Gasteiger partial charge is 0.303 e. The van der Waals surface area contributed by atoms with Gasteiger partial charge in [0.25, 0.3) is 0 Å². The number of aromatic nitrogens is 1. The van der Waals surface area contributed by atoms with Crippen molar-refractivity contribution >= 4 is 51.0 Å². The molecule has 1 aliphatic heterocycles. The number of hydrogen-bond acceptors (Lipinski definition) is 4. The van der Waals surface area contributed by atoms with Crippen LogP contribution < -0.4 is 5.32 Å². The van der Waals surface area contributed by atoms with Crippen molar-refractivity contribution in [2.75, 3.05) is 11.1 Å². The zero-order valence-electron chi connectivity index (χ0n) is 14.4. The number of aliphatic imine (C=N–C) groups is 1. The maximum absolute atomic E-state index is 10.8. The Morgan fingerprint density at radius 2 is 2.15 bits per heavy atom. The van der Waals surface area contributed by atoms with Crippen LogP contribution in [0.3, 0.4) is 0 Å². The Labute approximate surface area is 161 Å². The van der Waals surface area contributed by atoms with E-state index in [9.17, 15) is 4.79 Å². The van der Waals surface area contributed by atoms with Crippen LogP contribution in [0.2, 0.25) is 5.02 Å². The SMILES string of the molecule is O=C(O)CCC1CSC(c2cc3cc(Cl)cc(NC4CCCC4)c3[nH]2)=N1. The molecule has 1 aromatic heterocycles. The molecule has 26 heavy (non-hydrogen) atoms. The summed E-state index contributed by atoms with van der Waals surface area (Å²) in [5.41, 5.74) is 3.10. The summed E-state index contributed by atoms with van der Waals surface area (Å²) in [4.78, 5) is 19.0. The van der Waals surface area contributed by atoms with E-state index in [1.807, 2.05) is 12.1 Å². The second-order valence-electron chi connectivity index (χ2n) is 7.06. The van der Waals surface area contributed by atoms with Crippen molar-refractivity contribution < 1.29 is 9.90 Å². The molecule has 1 atom stereocenters. The Morgan fingerprint density at radius 1 is 1.35 bits per heavy atom. The number of carboxylic acids is 1. The number of halogens is 1. The van der Waals surface area contributed by atoms with E-state index in [-0.39, 0.29) is 12.5 Å². The van der Waals surface area contributed by atoms with Gasteiger partial charge in [0.1, 0.15) is 5.04 Å². The second-order valence-corrected chi connectivity index (χ2v) is 8.50. The Hall–Kier alpha value is -1.66. The number of aliphatic carboxylic acids is 1. The summed E-state index contributed by atoms with van der Waals surface area (Å²) in [7, 11) is 0. The molecule has 7 heteroatoms. The zero-order chi connectivity index (χ0) is 18.1. The van der Waals surface area contributed by atoms with Gasteiger partial charge in [-0.1, -0.05) is 24.4 Å². The van der Waals surface area contributed by atoms with Gasteiger partial charge in [-0.15, -0.1) is 11.8 Å². The van der Waals surface area contributed by atoms with Crippen molar-refractivity contribution in [1.29, 1.82) is 0 Å². The average molecular weight is 392 g/mol. The number of nitrogens with zero attached hydrogens (tertiary/aromatic N) is 1. The van der Waals surface area contributed by atoms with Crippen LogP contribution in [0.25, 0.3) is 10.9 Å². The van der Waals surface area contributed by atoms with Gasteiger partial charge in [0.15, 0.2) is 0 Å². The van der Waals surface area contributed by atoms with Crippen molar-refractivity contribution in [2.24, 2.45) is 4.99 Å². The molecule has 0 saturated heterocycles. The van der Waals surface area contributed by atoms with Crippen molar-refractivity contribution in [1.82, 2.24) is 4.98 Å². The third kappa shape index (κ3) is 3.86. The first kappa shape index (κ1) is 17.7. The van der Waals surface area contributed by atoms with Crippen molar-refractivity contribution in [3.05, 3.63) is 28.9 Å². The highest BCUT2D eigenvalue weighted by Crippen LogP contribution is 2.33. The number of carbonyl (C=O) groups is 1. The molecule has 1 fully saturated rings. The largest absolute Gasteiger partial charge is 0.481 e. The van der Waals surface area contributed by atoms with E-state index in [0.29, 0.717) is 12.5 Å². The number of benzene rings is 1. The molecule has 2 heterocycles. The van der Waals surface area contributed by atoms with E-state index in [4.69, 9.17) is 21.7 Å². The van der Waals surface area contributed by atoms with Crippen molar-refractivity contribution in [3.8, 4) is 0 Å². The van der Waals surface area contributed by atoms with Crippen molar-refractivity contribution in [3.63, 3.8) is 0 Å². The minimum absolute atomic E-state index is 0.0807. The maximum Gasteiger partial charge on any atom is 0.303 e. The Balaban J connectivity index is 1.59. The predicted octanol–water partition coefficient (Wildman–Crippen LogP) is 4.90. The van der Waals surface area contributed by atoms with E-state index in [1.165, 1.54) is 25.7 Å². The van der Waals surface area contributed by atoms with Crippen LogP contribution in [-0.4, -0.2) is 38.9 Å². The van der Waals surface area contributed by atoms with Crippen LogP contribution in [0.5, 0.6) is 0 Å². The fourth-order valence-corrected chi connectivity index (χ4v) is 5.03. The number of rotatable bonds is 6. The summed E-state index contributed by atoms with van der Waals surface area (Å²) in [5, 5.41) is 15.2. The average Bonchev–Trinajstić information content (AvgIpc) is 3.32. The van der Waals surface area contributed by atoms with Gasteiger partial charge in [0, 0.05) is 28.6 Å². The molecule has 0 bridgehead atoms. The molecule has 0 spiro atoms. The third-order valence-corrected chi connectivity index (χ3v) is 6.41. The van der Waals surface area contributed by atoms with Gasteiger partial charge in [-0.2, -0.15) is 0 Å². The first-order chi connectivity index (χ1) is 12.6. The number of nitrogens with one attached hydrogen (secondary N) is 2. The van der Waals surface area contributed by atoms with Crippen LogP contribution in [0.1, 0.15) is 44.2 Å². The normalized spacial score (nSPS) is 20.7. The second kappa shape index (κ2) is 7.53. The third-order valence-electron chi connectivity index (χ3n) is 5.04. The standard InChI is InChI=1S/C19H22ClN3O2S/c20-12-7-11-8-16(19-22-14(10-26-19)5-6-17(24)25)23-18(11)15(9-12)21-13-3-1-2-4-13/h7-9,13-14,21,23H,1-6,10H2,(H,24,25). The lowest BCUT2D eigenvalue weighted by Gasteiger charge is -2.14. The summed E-state index contributed by atoms with van der Waals surface area (Å²) in [5.74, 6) is 0.0767. The van der Waals surface area contributed by atoms with Gasteiger partial charge >= 0.3 is 5.97 Å². The summed E-state index contributed by atoms with van der Waals surface area (Å²) < 4.78 is 0. The molecule has 2 aliphatic rings. The summed E-state index contributed by atoms with van der Waals surface area (Å²) in [6.45, 7) is 0. The molecule has 1 saturated carbocycles. The zero-order valence-corrected chi connectivity index (χ0v) is 16.0. The molecule has 138 valence electrons. The lowest BCUT2D eigenvalue weighted by molar-refractivity contribution is -0.137. The molecule has 0 amide bonds. The highest BCUT2D eigenvalue weighted by molar-refractivity contribution is 8.14. The number of aromatic amines is 1. The number of fused-ring (bicyclic) bond motifs is 1. The van der Waals surface area contributed by atoms with E-state index < -0.39 is 5.97 Å². The van der Waals surface area contributed by atoms with E-state index >= 15 is 0 Å². The van der Waals surface area contributed by atoms with Gasteiger partial charge in [-0.3, -0.25) is 9.79 Å². The van der Waals surface area contributed by atoms with Crippen LogP contribution in [0.4, 0.5) is 5.69 Å². The minimum Gasteiger partial charge on any atom is -0.481 e. The maximum atomic E-state index is 10.8. The Morgan fingerprint density at radius 3 is 2.92 bits per heavy atom. The molecule has 1 aliphatic carbocycles. The summed E-state index contributed by atoms with van der Waals surface area (Å²) in [6.07, 6.45) is 5.72. The van der Waals surface area contributed by atoms with E-state index in [2.05, 4.69) is 16.4 Å². The molecular formula is C19H22ClN3O2S. The number of hydrogen-bond donors (Lipinski definition) is 3. The molecule has 4 rings (SSSR count). The molecule has 3 N–H and O–H groups in total. The van der Waals surface area contributed by atoms with Gasteiger partial charge in [0.05, 0.1) is 22.9 Å². The quantitative estimate of drug-likeness (QED) is 0.654. The van der Waals surface area contributed by atoms with Gasteiger partial charge in [-0.05, 0) is 37.5 Å². The highest BCUT2D eigenvalue weighted by Gasteiger charge is 2.22. The fraction of sp³-hybridized carbons (Fsp3) is 0.474. The first-order valence-corrected chi connectivity index (χ1v) is 10.5. The molecular weight excluding hydrogens is 370 g/mol. The van der Waals surface area contributed by atoms with Crippen LogP contribution >= 0.6 is 23.4 Å². The molecule has 5 nitrogen and oxygen atoms in total. The summed E-state index contributed by atoms with van der Waals surface area (Å²) >= 11 is 8.01. The van der Waals surface area contributed by atoms with E-state index in [1.54, 1.807) is 11.8 Å². The van der Waals surface area contributed by atoms with Gasteiger partial charge in [-0.25, -0.2) is 0 Å². The topological polar surface area (TPSA) is 77.5 Å². The number of anilines is 1. The minimum atomic E-state index is -0.762. The lowest BCUT2D eigenvalue weighted by Crippen LogP contribution is -2.14. The van der Waals surface area contributed by atoms with Crippen LogP contribution in [-0.2, 0) is 4.79 Å². The van der Waals surface area contributed by atoms with Gasteiger partial charge in [0.2, 0.25) is 0 Å². The molecule has 1 unspecified atom stereocenters. The molecule has 1 aromatic carbocycles. The van der Waals surface area contributed by atoms with E-state index in [0.717, 1.165) is 38.1 Å². The Kier molecular flexibility index (Phi) is 5.14. The van der Waals surface area contributed by atoms with Crippen molar-refractivity contribution in [2.45, 2.75) is 50.6 Å². The fourth-order valence-electron chi connectivity index (χ4n) is 3.73. The lowest BCUT2D eigenvalue weighted by atomic mass is 10.2. The Bertz CT molecular complexity index is 858. The highest BCUT2D eigenvalue weighted by atomic mass is 35.5. The predicted molar refractivity (Wildman–Crippen MR) is 109 cm³/mol. The summed E-state index contributed by atoms with van der Waals surface area (Å²) in [6, 6.07) is 6.65. The molecule has 2 aromatic rings. The first-order valence-electron chi connectivity index (χ1n) is 9.10. The monoisotopic (exact) mass is 391 g/mol. The molecule has 0 radical (unpaired) electrons. The van der Waals surface area contributed by atoms with Gasteiger partial charge < -0.3 is 15.4 Å². The number of thioether (sulfide) groups is 1.